The second-order valence-electron chi connectivity index (χ2n) is 2.78. The van der Waals surface area contributed by atoms with Gasteiger partial charge in [-0.3, -0.25) is 4.90 Å². The standard InChI is InChI=1S/C7H14N4O.C2H6/c1-4-11(3)5(2)6-7(8)10-12-9-6;1-2/h5H,4H2,1-3H3,(H2,8,10);1-2H3. The molecule has 5 nitrogen and oxygen atoms in total. The van der Waals surface area contributed by atoms with Crippen LogP contribution in [0.5, 0.6) is 0 Å². The van der Waals surface area contributed by atoms with Gasteiger partial charge in [-0.25, -0.2) is 4.63 Å². The summed E-state index contributed by atoms with van der Waals surface area (Å²) in [5.74, 6) is 0.378. The smallest absolute Gasteiger partial charge is 0.193 e. The third-order valence-corrected chi connectivity index (χ3v) is 2.10. The molecule has 2 N–H and O–H groups in total. The molecule has 1 aromatic rings. The Balaban J connectivity index is 0.000000791. The third-order valence-electron chi connectivity index (χ3n) is 2.10. The molecule has 0 bridgehead atoms. The Labute approximate surface area is 85.2 Å². The van der Waals surface area contributed by atoms with Crippen molar-refractivity contribution >= 4 is 5.82 Å². The zero-order valence-electron chi connectivity index (χ0n) is 9.61. The second-order valence-corrected chi connectivity index (χ2v) is 2.78. The van der Waals surface area contributed by atoms with Crippen molar-refractivity contribution in [2.45, 2.75) is 33.7 Å². The van der Waals surface area contributed by atoms with E-state index in [2.05, 4.69) is 26.8 Å². The summed E-state index contributed by atoms with van der Waals surface area (Å²) in [6.45, 7) is 9.02. The highest BCUT2D eigenvalue weighted by atomic mass is 16.6. The lowest BCUT2D eigenvalue weighted by atomic mass is 10.2. The highest BCUT2D eigenvalue weighted by Gasteiger charge is 2.17. The quantitative estimate of drug-likeness (QED) is 0.804. The van der Waals surface area contributed by atoms with Gasteiger partial charge in [-0.15, -0.1) is 0 Å². The van der Waals surface area contributed by atoms with E-state index < -0.39 is 0 Å². The number of nitrogen functional groups attached to an aromatic ring is 1. The van der Waals surface area contributed by atoms with Crippen LogP contribution in [0.4, 0.5) is 5.82 Å². The monoisotopic (exact) mass is 200 g/mol. The SMILES string of the molecule is CC.CCN(C)C(C)c1nonc1N. The Morgan fingerprint density at radius 3 is 2.36 bits per heavy atom. The first-order chi connectivity index (χ1) is 6.66. The van der Waals surface area contributed by atoms with Gasteiger partial charge in [0.25, 0.3) is 0 Å². The Morgan fingerprint density at radius 2 is 2.00 bits per heavy atom. The average molecular weight is 200 g/mol. The molecule has 0 spiro atoms. The minimum Gasteiger partial charge on any atom is -0.379 e. The van der Waals surface area contributed by atoms with E-state index in [-0.39, 0.29) is 6.04 Å². The predicted molar refractivity (Wildman–Crippen MR) is 56.8 cm³/mol. The summed E-state index contributed by atoms with van der Waals surface area (Å²) in [4.78, 5) is 2.11. The number of hydrogen-bond donors (Lipinski definition) is 1. The molecule has 0 aliphatic heterocycles. The molecule has 14 heavy (non-hydrogen) atoms. The third kappa shape index (κ3) is 2.99. The lowest BCUT2D eigenvalue weighted by Gasteiger charge is -2.20. The fourth-order valence-electron chi connectivity index (χ4n) is 0.975. The van der Waals surface area contributed by atoms with Crippen LogP contribution >= 0.6 is 0 Å². The van der Waals surface area contributed by atoms with Gasteiger partial charge in [-0.2, -0.15) is 0 Å². The summed E-state index contributed by atoms with van der Waals surface area (Å²) in [5.41, 5.74) is 6.25. The van der Waals surface area contributed by atoms with Crippen LogP contribution in [-0.2, 0) is 0 Å². The molecule has 1 unspecified atom stereocenters. The van der Waals surface area contributed by atoms with Gasteiger partial charge in [0.2, 0.25) is 0 Å². The molecule has 0 aliphatic rings. The van der Waals surface area contributed by atoms with Crippen molar-refractivity contribution in [1.82, 2.24) is 15.2 Å². The van der Waals surface area contributed by atoms with E-state index in [0.29, 0.717) is 11.5 Å². The lowest BCUT2D eigenvalue weighted by Crippen LogP contribution is -2.22. The maximum atomic E-state index is 5.54. The van der Waals surface area contributed by atoms with E-state index in [9.17, 15) is 0 Å². The lowest BCUT2D eigenvalue weighted by molar-refractivity contribution is 0.250. The van der Waals surface area contributed by atoms with Gasteiger partial charge in [0.1, 0.15) is 5.69 Å². The van der Waals surface area contributed by atoms with Gasteiger partial charge in [0, 0.05) is 0 Å². The van der Waals surface area contributed by atoms with Crippen molar-refractivity contribution in [2.75, 3.05) is 19.3 Å². The maximum absolute atomic E-state index is 5.54. The summed E-state index contributed by atoms with van der Waals surface area (Å²) in [6.07, 6.45) is 0. The topological polar surface area (TPSA) is 68.2 Å². The van der Waals surface area contributed by atoms with E-state index in [0.717, 1.165) is 6.54 Å². The van der Waals surface area contributed by atoms with Crippen LogP contribution in [-0.4, -0.2) is 28.8 Å². The zero-order chi connectivity index (χ0) is 11.1. The molecule has 0 aliphatic carbocycles. The van der Waals surface area contributed by atoms with Crippen LogP contribution in [0.1, 0.15) is 39.4 Å². The Morgan fingerprint density at radius 1 is 1.43 bits per heavy atom. The minimum atomic E-state index is 0.154. The van der Waals surface area contributed by atoms with Gasteiger partial charge in [-0.05, 0) is 25.7 Å². The Hall–Kier alpha value is -1.10. The van der Waals surface area contributed by atoms with Crippen LogP contribution in [0.3, 0.4) is 0 Å². The Kier molecular flexibility index (Phi) is 5.87. The molecule has 1 heterocycles. The molecule has 1 rings (SSSR count). The first-order valence-electron chi connectivity index (χ1n) is 4.95. The summed E-state index contributed by atoms with van der Waals surface area (Å²) in [6, 6.07) is 0.154. The number of hydrogen-bond acceptors (Lipinski definition) is 5. The molecule has 5 heteroatoms. The normalized spacial score (nSPS) is 12.1. The summed E-state index contributed by atoms with van der Waals surface area (Å²) >= 11 is 0. The van der Waals surface area contributed by atoms with Crippen LogP contribution in [0.2, 0.25) is 0 Å². The predicted octanol–water partition coefficient (Wildman–Crippen LogP) is 1.69. The maximum Gasteiger partial charge on any atom is 0.193 e. The number of aromatic nitrogens is 2. The number of rotatable bonds is 3. The second kappa shape index (κ2) is 6.37. The minimum absolute atomic E-state index is 0.154. The van der Waals surface area contributed by atoms with Crippen molar-refractivity contribution in [2.24, 2.45) is 0 Å². The van der Waals surface area contributed by atoms with Crippen LogP contribution in [0.15, 0.2) is 4.63 Å². The number of nitrogens with zero attached hydrogens (tertiary/aromatic N) is 3. The number of nitrogens with two attached hydrogens (primary N) is 1. The molecule has 0 fully saturated rings. The fraction of sp³-hybridized carbons (Fsp3) is 0.778. The molecule has 0 aromatic carbocycles. The average Bonchev–Trinajstić information content (AvgIpc) is 2.65. The van der Waals surface area contributed by atoms with E-state index in [1.54, 1.807) is 0 Å². The molecule has 0 radical (unpaired) electrons. The summed E-state index contributed by atoms with van der Waals surface area (Å²) in [7, 11) is 2.00. The Bertz CT molecular complexity index is 249. The van der Waals surface area contributed by atoms with Gasteiger partial charge < -0.3 is 5.73 Å². The molecule has 1 atom stereocenters. The van der Waals surface area contributed by atoms with E-state index in [1.807, 2.05) is 27.8 Å². The largest absolute Gasteiger partial charge is 0.379 e. The van der Waals surface area contributed by atoms with Crippen molar-refractivity contribution < 1.29 is 4.63 Å². The van der Waals surface area contributed by atoms with Gasteiger partial charge in [-0.1, -0.05) is 25.9 Å². The van der Waals surface area contributed by atoms with Crippen molar-refractivity contribution in [3.8, 4) is 0 Å². The van der Waals surface area contributed by atoms with Crippen molar-refractivity contribution in [3.05, 3.63) is 5.69 Å². The number of anilines is 1. The van der Waals surface area contributed by atoms with Gasteiger partial charge in [0.15, 0.2) is 5.82 Å². The van der Waals surface area contributed by atoms with Gasteiger partial charge in [0.05, 0.1) is 6.04 Å². The van der Waals surface area contributed by atoms with E-state index in [1.165, 1.54) is 0 Å². The molecule has 0 saturated carbocycles. The van der Waals surface area contributed by atoms with Crippen molar-refractivity contribution in [3.63, 3.8) is 0 Å². The highest BCUT2D eigenvalue weighted by Crippen LogP contribution is 2.19. The molecular formula is C9H20N4O. The molecule has 1 aromatic heterocycles. The molecular weight excluding hydrogens is 180 g/mol. The van der Waals surface area contributed by atoms with E-state index in [4.69, 9.17) is 5.73 Å². The van der Waals surface area contributed by atoms with Crippen LogP contribution in [0, 0.1) is 0 Å². The highest BCUT2D eigenvalue weighted by molar-refractivity contribution is 5.33. The molecule has 0 amide bonds. The summed E-state index contributed by atoms with van der Waals surface area (Å²) < 4.78 is 4.51. The summed E-state index contributed by atoms with van der Waals surface area (Å²) in [5, 5.41) is 7.25. The van der Waals surface area contributed by atoms with Crippen molar-refractivity contribution in [1.29, 1.82) is 0 Å². The van der Waals surface area contributed by atoms with Gasteiger partial charge >= 0.3 is 0 Å². The molecule has 82 valence electrons. The van der Waals surface area contributed by atoms with Crippen LogP contribution in [0.25, 0.3) is 0 Å². The van der Waals surface area contributed by atoms with E-state index >= 15 is 0 Å². The van der Waals surface area contributed by atoms with Crippen LogP contribution < -0.4 is 5.73 Å². The first-order valence-corrected chi connectivity index (χ1v) is 4.95. The zero-order valence-corrected chi connectivity index (χ0v) is 9.61. The first kappa shape index (κ1) is 12.9. The fourth-order valence-corrected chi connectivity index (χ4v) is 0.975. The molecule has 0 saturated heterocycles.